The first kappa shape index (κ1) is 12.1. The van der Waals surface area contributed by atoms with E-state index < -0.39 is 0 Å². The Morgan fingerprint density at radius 1 is 1.31 bits per heavy atom. The highest BCUT2D eigenvalue weighted by Crippen LogP contribution is 2.30. The number of hydrogen-bond donors (Lipinski definition) is 1. The highest BCUT2D eigenvalue weighted by atomic mass is 35.5. The summed E-state index contributed by atoms with van der Waals surface area (Å²) in [7, 11) is 0. The van der Waals surface area contributed by atoms with Gasteiger partial charge in [-0.05, 0) is 12.8 Å². The van der Waals surface area contributed by atoms with Crippen LogP contribution in [0.4, 0.5) is 5.82 Å². The van der Waals surface area contributed by atoms with Crippen molar-refractivity contribution in [3.8, 4) is 0 Å². The molecular formula is C10H16ClN3OS. The molecule has 0 saturated heterocycles. The maximum atomic E-state index is 9.13. The Morgan fingerprint density at radius 2 is 2.06 bits per heavy atom. The van der Waals surface area contributed by atoms with E-state index in [1.807, 2.05) is 0 Å². The number of rotatable bonds is 4. The molecule has 0 unspecified atom stereocenters. The molecule has 4 nitrogen and oxygen atoms in total. The predicted molar refractivity (Wildman–Crippen MR) is 66.2 cm³/mol. The van der Waals surface area contributed by atoms with Gasteiger partial charge in [0, 0.05) is 12.6 Å². The fourth-order valence-corrected chi connectivity index (χ4v) is 3.06. The Morgan fingerprint density at radius 3 is 2.62 bits per heavy atom. The molecule has 1 aliphatic rings. The minimum absolute atomic E-state index is 0.129. The van der Waals surface area contributed by atoms with Crippen LogP contribution in [0.5, 0.6) is 0 Å². The molecular weight excluding hydrogens is 246 g/mol. The van der Waals surface area contributed by atoms with Crippen LogP contribution in [0, 0.1) is 0 Å². The lowest BCUT2D eigenvalue weighted by Crippen LogP contribution is -2.39. The second-order valence-electron chi connectivity index (χ2n) is 4.09. The molecule has 1 saturated carbocycles. The largest absolute Gasteiger partial charge is 0.395 e. The van der Waals surface area contributed by atoms with E-state index >= 15 is 0 Å². The normalized spacial score (nSPS) is 17.6. The van der Waals surface area contributed by atoms with Crippen molar-refractivity contribution in [2.75, 3.05) is 18.1 Å². The molecule has 0 amide bonds. The van der Waals surface area contributed by atoms with Gasteiger partial charge in [-0.2, -0.15) is 8.75 Å². The van der Waals surface area contributed by atoms with E-state index in [9.17, 15) is 0 Å². The van der Waals surface area contributed by atoms with Crippen LogP contribution in [-0.2, 0) is 0 Å². The summed E-state index contributed by atoms with van der Waals surface area (Å²) in [4.78, 5) is 2.12. The van der Waals surface area contributed by atoms with Crippen molar-refractivity contribution in [1.29, 1.82) is 0 Å². The fraction of sp³-hybridized carbons (Fsp3) is 0.800. The predicted octanol–water partition coefficient (Wildman–Crippen LogP) is 2.32. The Balaban J connectivity index is 2.12. The summed E-state index contributed by atoms with van der Waals surface area (Å²) in [5, 5.41) is 9.59. The average Bonchev–Trinajstić information content (AvgIpc) is 2.73. The maximum absolute atomic E-state index is 9.13. The molecule has 1 aliphatic carbocycles. The van der Waals surface area contributed by atoms with Gasteiger partial charge < -0.3 is 10.0 Å². The van der Waals surface area contributed by atoms with E-state index in [1.54, 1.807) is 0 Å². The minimum atomic E-state index is 0.129. The van der Waals surface area contributed by atoms with E-state index in [4.69, 9.17) is 16.7 Å². The highest BCUT2D eigenvalue weighted by molar-refractivity contribution is 6.99. The molecule has 0 atom stereocenters. The third-order valence-corrected chi connectivity index (χ3v) is 3.93. The van der Waals surface area contributed by atoms with E-state index in [0.717, 1.165) is 30.4 Å². The first-order valence-electron chi connectivity index (χ1n) is 5.68. The zero-order valence-electron chi connectivity index (χ0n) is 9.10. The van der Waals surface area contributed by atoms with Crippen LogP contribution in [0.3, 0.4) is 0 Å². The molecule has 90 valence electrons. The molecule has 0 aliphatic heterocycles. The van der Waals surface area contributed by atoms with Crippen molar-refractivity contribution < 1.29 is 5.11 Å². The van der Waals surface area contributed by atoms with Crippen LogP contribution in [0.25, 0.3) is 0 Å². The quantitative estimate of drug-likeness (QED) is 0.904. The number of halogens is 1. The van der Waals surface area contributed by atoms with Gasteiger partial charge in [0.25, 0.3) is 0 Å². The van der Waals surface area contributed by atoms with Crippen molar-refractivity contribution in [2.24, 2.45) is 0 Å². The molecule has 1 heterocycles. The zero-order chi connectivity index (χ0) is 11.4. The topological polar surface area (TPSA) is 49.2 Å². The van der Waals surface area contributed by atoms with Crippen molar-refractivity contribution in [3.05, 3.63) is 5.15 Å². The van der Waals surface area contributed by atoms with Gasteiger partial charge in [0.15, 0.2) is 11.0 Å². The number of aromatic nitrogens is 2. The van der Waals surface area contributed by atoms with Gasteiger partial charge in [0.1, 0.15) is 0 Å². The molecule has 16 heavy (non-hydrogen) atoms. The summed E-state index contributed by atoms with van der Waals surface area (Å²) < 4.78 is 8.21. The molecule has 1 N–H and O–H groups in total. The van der Waals surface area contributed by atoms with E-state index in [-0.39, 0.29) is 6.61 Å². The van der Waals surface area contributed by atoms with Crippen molar-refractivity contribution >= 4 is 29.1 Å². The summed E-state index contributed by atoms with van der Waals surface area (Å²) in [5.41, 5.74) is 0. The highest BCUT2D eigenvalue weighted by Gasteiger charge is 2.24. The summed E-state index contributed by atoms with van der Waals surface area (Å²) in [6.07, 6.45) is 6.14. The van der Waals surface area contributed by atoms with Crippen molar-refractivity contribution in [3.63, 3.8) is 0 Å². The second kappa shape index (κ2) is 5.80. The van der Waals surface area contributed by atoms with Gasteiger partial charge in [-0.1, -0.05) is 30.9 Å². The van der Waals surface area contributed by atoms with Gasteiger partial charge >= 0.3 is 0 Å². The number of aliphatic hydroxyl groups is 1. The van der Waals surface area contributed by atoms with Gasteiger partial charge in [0.05, 0.1) is 18.3 Å². The standard InChI is InChI=1S/C10H16ClN3OS/c11-9-10(13-16-12-9)14(6-7-15)8-4-2-1-3-5-8/h8,15H,1-7H2. The smallest absolute Gasteiger partial charge is 0.187 e. The lowest BCUT2D eigenvalue weighted by atomic mass is 9.94. The van der Waals surface area contributed by atoms with Crippen LogP contribution >= 0.6 is 23.3 Å². The Labute approximate surface area is 105 Å². The van der Waals surface area contributed by atoms with Gasteiger partial charge in [-0.3, -0.25) is 0 Å². The SMILES string of the molecule is OCCN(c1nsnc1Cl)C1CCCCC1. The van der Waals surface area contributed by atoms with Crippen molar-refractivity contribution in [2.45, 2.75) is 38.1 Å². The van der Waals surface area contributed by atoms with Crippen LogP contribution < -0.4 is 4.90 Å². The van der Waals surface area contributed by atoms with Crippen LogP contribution in [0.15, 0.2) is 0 Å². The monoisotopic (exact) mass is 261 g/mol. The zero-order valence-corrected chi connectivity index (χ0v) is 10.7. The molecule has 0 radical (unpaired) electrons. The minimum Gasteiger partial charge on any atom is -0.395 e. The van der Waals surface area contributed by atoms with Crippen LogP contribution in [0.2, 0.25) is 5.15 Å². The van der Waals surface area contributed by atoms with Crippen molar-refractivity contribution in [1.82, 2.24) is 8.75 Å². The van der Waals surface area contributed by atoms with Gasteiger partial charge in [0.2, 0.25) is 0 Å². The molecule has 1 aromatic heterocycles. The molecule has 1 aromatic rings. The summed E-state index contributed by atoms with van der Waals surface area (Å²) in [6, 6.07) is 0.460. The molecule has 2 rings (SSSR count). The van der Waals surface area contributed by atoms with Crippen LogP contribution in [0.1, 0.15) is 32.1 Å². The van der Waals surface area contributed by atoms with E-state index in [2.05, 4.69) is 13.6 Å². The average molecular weight is 262 g/mol. The first-order chi connectivity index (χ1) is 7.83. The Bertz CT molecular complexity index is 328. The maximum Gasteiger partial charge on any atom is 0.187 e. The van der Waals surface area contributed by atoms with Crippen LogP contribution in [-0.4, -0.2) is 33.0 Å². The number of hydrogen-bond acceptors (Lipinski definition) is 5. The summed E-state index contributed by atoms with van der Waals surface area (Å²) in [6.45, 7) is 0.722. The summed E-state index contributed by atoms with van der Waals surface area (Å²) >= 11 is 7.13. The number of nitrogens with zero attached hydrogens (tertiary/aromatic N) is 3. The van der Waals surface area contributed by atoms with E-state index in [0.29, 0.717) is 17.7 Å². The molecule has 1 fully saturated rings. The molecule has 0 aromatic carbocycles. The second-order valence-corrected chi connectivity index (χ2v) is 4.97. The number of anilines is 1. The Kier molecular flexibility index (Phi) is 4.37. The third kappa shape index (κ3) is 2.64. The molecule has 6 heteroatoms. The van der Waals surface area contributed by atoms with E-state index in [1.165, 1.54) is 19.3 Å². The Hall–Kier alpha value is -0.390. The lowest BCUT2D eigenvalue weighted by Gasteiger charge is -2.34. The van der Waals surface area contributed by atoms with Gasteiger partial charge in [-0.15, -0.1) is 0 Å². The van der Waals surface area contributed by atoms with Gasteiger partial charge in [-0.25, -0.2) is 0 Å². The number of aliphatic hydroxyl groups excluding tert-OH is 1. The molecule has 0 bridgehead atoms. The summed E-state index contributed by atoms with van der Waals surface area (Å²) in [5.74, 6) is 0.743. The molecule has 0 spiro atoms. The fourth-order valence-electron chi connectivity index (χ4n) is 2.31. The first-order valence-corrected chi connectivity index (χ1v) is 6.79. The third-order valence-electron chi connectivity index (χ3n) is 3.06. The lowest BCUT2D eigenvalue weighted by molar-refractivity contribution is 0.289.